The van der Waals surface area contributed by atoms with Crippen molar-refractivity contribution in [2.24, 2.45) is 0 Å². The molecule has 0 fully saturated rings. The van der Waals surface area contributed by atoms with Crippen LogP contribution in [0, 0.1) is 13.8 Å². The van der Waals surface area contributed by atoms with E-state index in [1.54, 1.807) is 19.2 Å². The Morgan fingerprint density at radius 2 is 1.84 bits per heavy atom. The molecule has 2 aromatic rings. The van der Waals surface area contributed by atoms with Gasteiger partial charge >= 0.3 is 0 Å². The van der Waals surface area contributed by atoms with Gasteiger partial charge in [-0.3, -0.25) is 9.10 Å². The number of ether oxygens (including phenoxy) is 2. The monoisotopic (exact) mass is 446 g/mol. The molecule has 0 saturated heterocycles. The van der Waals surface area contributed by atoms with Gasteiger partial charge in [0.15, 0.2) is 0 Å². The highest BCUT2D eigenvalue weighted by atomic mass is 32.2. The van der Waals surface area contributed by atoms with E-state index in [0.717, 1.165) is 27.3 Å². The number of amides is 1. The van der Waals surface area contributed by atoms with Gasteiger partial charge in [0.25, 0.3) is 0 Å². The van der Waals surface area contributed by atoms with Gasteiger partial charge in [-0.25, -0.2) is 8.42 Å². The van der Waals surface area contributed by atoms with Crippen LogP contribution in [-0.4, -0.2) is 39.8 Å². The lowest BCUT2D eigenvalue weighted by Crippen LogP contribution is -2.45. The number of carbonyl (C=O) groups excluding carboxylic acids is 1. The van der Waals surface area contributed by atoms with E-state index in [0.29, 0.717) is 23.6 Å². The molecule has 1 N–H and O–H groups in total. The van der Waals surface area contributed by atoms with Crippen LogP contribution in [0.25, 0.3) is 0 Å². The molecular formula is C23H30N2O5S. The number of methoxy groups -OCH3 is 1. The molecule has 0 bridgehead atoms. The summed E-state index contributed by atoms with van der Waals surface area (Å²) in [6.07, 6.45) is 1.65. The Balaban J connectivity index is 1.87. The maximum atomic E-state index is 13.0. The van der Waals surface area contributed by atoms with Crippen LogP contribution in [0.1, 0.15) is 43.0 Å². The predicted molar refractivity (Wildman–Crippen MR) is 121 cm³/mol. The Morgan fingerprint density at radius 1 is 1.19 bits per heavy atom. The third kappa shape index (κ3) is 5.50. The summed E-state index contributed by atoms with van der Waals surface area (Å²) in [5.41, 5.74) is 2.66. The summed E-state index contributed by atoms with van der Waals surface area (Å²) in [5, 5.41) is 3.00. The van der Waals surface area contributed by atoms with Crippen LogP contribution in [-0.2, 0) is 14.8 Å². The van der Waals surface area contributed by atoms with Crippen LogP contribution in [0.2, 0.25) is 0 Å². The van der Waals surface area contributed by atoms with E-state index >= 15 is 0 Å². The third-order valence-corrected chi connectivity index (χ3v) is 6.33. The number of nitrogens with one attached hydrogen (secondary N) is 1. The fourth-order valence-electron chi connectivity index (χ4n) is 3.95. The van der Waals surface area contributed by atoms with E-state index in [2.05, 4.69) is 5.32 Å². The topological polar surface area (TPSA) is 84.9 Å². The summed E-state index contributed by atoms with van der Waals surface area (Å²) >= 11 is 0. The number of carbonyl (C=O) groups is 1. The van der Waals surface area contributed by atoms with Gasteiger partial charge in [0, 0.05) is 12.0 Å². The lowest BCUT2D eigenvalue weighted by molar-refractivity contribution is -0.120. The Labute approximate surface area is 184 Å². The largest absolute Gasteiger partial charge is 0.497 e. The molecule has 0 radical (unpaired) electrons. The minimum Gasteiger partial charge on any atom is -0.497 e. The molecule has 1 aliphatic rings. The Bertz CT molecular complexity index is 1070. The molecule has 0 spiro atoms. The molecule has 168 valence electrons. The van der Waals surface area contributed by atoms with Crippen molar-refractivity contribution in [2.75, 3.05) is 24.2 Å². The second kappa shape index (κ2) is 8.42. The maximum Gasteiger partial charge on any atom is 0.241 e. The highest BCUT2D eigenvalue weighted by Crippen LogP contribution is 2.41. The molecule has 0 aliphatic carbocycles. The molecule has 1 heterocycles. The molecule has 0 unspecified atom stereocenters. The standard InChI is InChI=1S/C23H30N2O5S/c1-15-9-16(2)11-17(10-15)25(31(6,27)28)14-22(26)24-20-13-23(3,4)30-21-8-7-18(29-5)12-19(20)21/h7-12,20H,13-14H2,1-6H3,(H,24,26)/t20-/m1/s1. The number of fused-ring (bicyclic) bond motifs is 1. The zero-order chi connectivity index (χ0) is 23.0. The minimum absolute atomic E-state index is 0.307. The van der Waals surface area contributed by atoms with Crippen molar-refractivity contribution < 1.29 is 22.7 Å². The van der Waals surface area contributed by atoms with Crippen LogP contribution in [0.15, 0.2) is 36.4 Å². The van der Waals surface area contributed by atoms with E-state index in [1.165, 1.54) is 0 Å². The third-order valence-electron chi connectivity index (χ3n) is 5.19. The summed E-state index contributed by atoms with van der Waals surface area (Å²) in [6, 6.07) is 10.6. The molecule has 2 aromatic carbocycles. The Kier molecular flexibility index (Phi) is 6.23. The number of aryl methyl sites for hydroxylation is 2. The lowest BCUT2D eigenvalue weighted by Gasteiger charge is -2.38. The number of hydrogen-bond acceptors (Lipinski definition) is 5. The molecule has 1 atom stereocenters. The second-order valence-corrected chi connectivity index (χ2v) is 10.6. The number of sulfonamides is 1. The van der Waals surface area contributed by atoms with Crippen molar-refractivity contribution in [1.29, 1.82) is 0 Å². The van der Waals surface area contributed by atoms with Crippen molar-refractivity contribution in [1.82, 2.24) is 5.32 Å². The van der Waals surface area contributed by atoms with Crippen molar-refractivity contribution >= 4 is 21.6 Å². The first-order valence-electron chi connectivity index (χ1n) is 10.1. The first-order valence-corrected chi connectivity index (χ1v) is 11.9. The van der Waals surface area contributed by atoms with Crippen LogP contribution < -0.4 is 19.1 Å². The van der Waals surface area contributed by atoms with Crippen molar-refractivity contribution in [3.8, 4) is 11.5 Å². The minimum atomic E-state index is -3.65. The zero-order valence-electron chi connectivity index (χ0n) is 18.9. The number of rotatable bonds is 6. The normalized spacial score (nSPS) is 17.3. The van der Waals surface area contributed by atoms with Crippen LogP contribution in [0.5, 0.6) is 11.5 Å². The van der Waals surface area contributed by atoms with Gasteiger partial charge in [-0.15, -0.1) is 0 Å². The van der Waals surface area contributed by atoms with Crippen molar-refractivity contribution in [3.63, 3.8) is 0 Å². The Morgan fingerprint density at radius 3 is 2.42 bits per heavy atom. The second-order valence-electron chi connectivity index (χ2n) is 8.71. The molecular weight excluding hydrogens is 416 g/mol. The average Bonchev–Trinajstić information content (AvgIpc) is 2.63. The molecule has 3 rings (SSSR count). The van der Waals surface area contributed by atoms with Gasteiger partial charge < -0.3 is 14.8 Å². The molecule has 1 aliphatic heterocycles. The van der Waals surface area contributed by atoms with E-state index in [-0.39, 0.29) is 18.5 Å². The fraction of sp³-hybridized carbons (Fsp3) is 0.435. The zero-order valence-corrected chi connectivity index (χ0v) is 19.7. The summed E-state index contributed by atoms with van der Waals surface area (Å²) in [6.45, 7) is 7.39. The summed E-state index contributed by atoms with van der Waals surface area (Å²) in [7, 11) is -2.07. The lowest BCUT2D eigenvalue weighted by atomic mass is 9.89. The SMILES string of the molecule is COc1ccc2c(c1)[C@H](NC(=O)CN(c1cc(C)cc(C)c1)S(C)(=O)=O)CC(C)(C)O2. The van der Waals surface area contributed by atoms with E-state index in [1.807, 2.05) is 52.0 Å². The van der Waals surface area contributed by atoms with Gasteiger partial charge in [0.05, 0.1) is 25.1 Å². The molecule has 1 amide bonds. The molecule has 7 nitrogen and oxygen atoms in total. The summed E-state index contributed by atoms with van der Waals surface area (Å²) in [4.78, 5) is 13.0. The van der Waals surface area contributed by atoms with Crippen molar-refractivity contribution in [2.45, 2.75) is 45.8 Å². The number of nitrogens with zero attached hydrogens (tertiary/aromatic N) is 1. The molecule has 8 heteroatoms. The number of hydrogen-bond donors (Lipinski definition) is 1. The van der Waals surface area contributed by atoms with Gasteiger partial charge in [0.1, 0.15) is 23.6 Å². The van der Waals surface area contributed by atoms with Gasteiger partial charge in [-0.05, 0) is 69.2 Å². The Hall–Kier alpha value is -2.74. The highest BCUT2D eigenvalue weighted by Gasteiger charge is 2.35. The first-order chi connectivity index (χ1) is 14.4. The summed E-state index contributed by atoms with van der Waals surface area (Å²) < 4.78 is 37.5. The predicted octanol–water partition coefficient (Wildman–Crippen LogP) is 3.50. The smallest absolute Gasteiger partial charge is 0.241 e. The first kappa shape index (κ1) is 22.9. The van der Waals surface area contributed by atoms with Crippen LogP contribution in [0.3, 0.4) is 0 Å². The van der Waals surface area contributed by atoms with Gasteiger partial charge in [-0.1, -0.05) is 6.07 Å². The van der Waals surface area contributed by atoms with E-state index in [4.69, 9.17) is 9.47 Å². The quantitative estimate of drug-likeness (QED) is 0.734. The molecule has 0 aromatic heterocycles. The van der Waals surface area contributed by atoms with E-state index < -0.39 is 15.6 Å². The van der Waals surface area contributed by atoms with Gasteiger partial charge in [-0.2, -0.15) is 0 Å². The maximum absolute atomic E-state index is 13.0. The van der Waals surface area contributed by atoms with E-state index in [9.17, 15) is 13.2 Å². The van der Waals surface area contributed by atoms with Gasteiger partial charge in [0.2, 0.25) is 15.9 Å². The fourth-order valence-corrected chi connectivity index (χ4v) is 4.79. The van der Waals surface area contributed by atoms with Crippen LogP contribution in [0.4, 0.5) is 5.69 Å². The van der Waals surface area contributed by atoms with Crippen molar-refractivity contribution in [3.05, 3.63) is 53.1 Å². The highest BCUT2D eigenvalue weighted by molar-refractivity contribution is 7.92. The average molecular weight is 447 g/mol. The summed E-state index contributed by atoms with van der Waals surface area (Å²) in [5.74, 6) is 0.951. The number of benzene rings is 2. The van der Waals surface area contributed by atoms with Crippen LogP contribution >= 0.6 is 0 Å². The number of anilines is 1. The molecule has 0 saturated carbocycles. The molecule has 31 heavy (non-hydrogen) atoms.